The molecule has 1 aliphatic heterocycles. The number of likely N-dealkylation sites (tertiary alicyclic amines) is 1. The highest BCUT2D eigenvalue weighted by Gasteiger charge is 2.17. The Bertz CT molecular complexity index is 337. The molecule has 142 valence electrons. The van der Waals surface area contributed by atoms with Gasteiger partial charge < -0.3 is 25.2 Å². The minimum absolute atomic E-state index is 0.754. The van der Waals surface area contributed by atoms with Crippen LogP contribution >= 0.6 is 0 Å². The molecule has 1 rings (SSSR count). The second-order valence-corrected chi connectivity index (χ2v) is 6.81. The fourth-order valence-corrected chi connectivity index (χ4v) is 3.16. The van der Waals surface area contributed by atoms with Crippen molar-refractivity contribution in [2.24, 2.45) is 4.99 Å². The molecular weight excluding hydrogens is 302 g/mol. The third-order valence-electron chi connectivity index (χ3n) is 4.75. The van der Waals surface area contributed by atoms with Gasteiger partial charge in [-0.15, -0.1) is 0 Å². The third kappa shape index (κ3) is 9.45. The van der Waals surface area contributed by atoms with Crippen molar-refractivity contribution in [3.8, 4) is 0 Å². The minimum atomic E-state index is 0.754. The van der Waals surface area contributed by atoms with Crippen molar-refractivity contribution in [3.63, 3.8) is 0 Å². The largest absolute Gasteiger partial charge is 0.385 e. The maximum absolute atomic E-state index is 5.08. The standard InChI is InChI=1S/C18H39N5O/c1-17-9-5-6-13-23(17)14-7-10-20-18(19-2)21-11-15-22(3)12-8-16-24-4/h17H,5-16H2,1-4H3,(H2,19,20,21). The van der Waals surface area contributed by atoms with E-state index in [-0.39, 0.29) is 0 Å². The molecule has 1 fully saturated rings. The maximum atomic E-state index is 5.08. The van der Waals surface area contributed by atoms with Crippen LogP contribution in [0.25, 0.3) is 0 Å². The van der Waals surface area contributed by atoms with Gasteiger partial charge in [0.15, 0.2) is 5.96 Å². The molecule has 0 radical (unpaired) electrons. The lowest BCUT2D eigenvalue weighted by atomic mass is 10.0. The van der Waals surface area contributed by atoms with E-state index in [9.17, 15) is 0 Å². The van der Waals surface area contributed by atoms with Crippen molar-refractivity contribution >= 4 is 5.96 Å². The van der Waals surface area contributed by atoms with Crippen molar-refractivity contribution in [1.82, 2.24) is 20.4 Å². The first-order valence-corrected chi connectivity index (χ1v) is 9.53. The lowest BCUT2D eigenvalue weighted by Gasteiger charge is -2.33. The predicted octanol–water partition coefficient (Wildman–Crippen LogP) is 1.38. The average Bonchev–Trinajstić information content (AvgIpc) is 2.58. The summed E-state index contributed by atoms with van der Waals surface area (Å²) in [5.74, 6) is 0.909. The van der Waals surface area contributed by atoms with Gasteiger partial charge in [-0.2, -0.15) is 0 Å². The smallest absolute Gasteiger partial charge is 0.191 e. The van der Waals surface area contributed by atoms with Crippen LogP contribution in [0.3, 0.4) is 0 Å². The minimum Gasteiger partial charge on any atom is -0.385 e. The highest BCUT2D eigenvalue weighted by molar-refractivity contribution is 5.79. The van der Waals surface area contributed by atoms with E-state index in [4.69, 9.17) is 4.74 Å². The zero-order chi connectivity index (χ0) is 17.6. The number of nitrogens with one attached hydrogen (secondary N) is 2. The van der Waals surface area contributed by atoms with E-state index < -0.39 is 0 Å². The molecule has 24 heavy (non-hydrogen) atoms. The topological polar surface area (TPSA) is 52.1 Å². The van der Waals surface area contributed by atoms with Gasteiger partial charge in [-0.3, -0.25) is 4.99 Å². The van der Waals surface area contributed by atoms with E-state index in [1.54, 1.807) is 7.11 Å². The second-order valence-electron chi connectivity index (χ2n) is 6.81. The molecular formula is C18H39N5O. The normalized spacial score (nSPS) is 19.7. The fourth-order valence-electron chi connectivity index (χ4n) is 3.16. The summed E-state index contributed by atoms with van der Waals surface area (Å²) >= 11 is 0. The summed E-state index contributed by atoms with van der Waals surface area (Å²) in [5, 5.41) is 6.81. The molecule has 0 aromatic rings. The number of guanidine groups is 1. The summed E-state index contributed by atoms with van der Waals surface area (Å²) in [6.07, 6.45) is 6.36. The Morgan fingerprint density at radius 1 is 1.21 bits per heavy atom. The Labute approximate surface area is 149 Å². The number of nitrogens with zero attached hydrogens (tertiary/aromatic N) is 3. The maximum Gasteiger partial charge on any atom is 0.191 e. The number of hydrogen-bond donors (Lipinski definition) is 2. The van der Waals surface area contributed by atoms with E-state index >= 15 is 0 Å². The molecule has 6 nitrogen and oxygen atoms in total. The van der Waals surface area contributed by atoms with Crippen LogP contribution < -0.4 is 10.6 Å². The highest BCUT2D eigenvalue weighted by Crippen LogP contribution is 2.15. The van der Waals surface area contributed by atoms with Gasteiger partial charge >= 0.3 is 0 Å². The Kier molecular flexibility index (Phi) is 11.9. The number of methoxy groups -OCH3 is 1. The molecule has 1 atom stereocenters. The Morgan fingerprint density at radius 2 is 2.00 bits per heavy atom. The van der Waals surface area contributed by atoms with Gasteiger partial charge in [0.25, 0.3) is 0 Å². The first-order valence-electron chi connectivity index (χ1n) is 9.53. The van der Waals surface area contributed by atoms with Crippen molar-refractivity contribution in [1.29, 1.82) is 0 Å². The van der Waals surface area contributed by atoms with Gasteiger partial charge in [0, 0.05) is 59.5 Å². The number of piperidine rings is 1. The van der Waals surface area contributed by atoms with Crippen LogP contribution in [0.1, 0.15) is 39.0 Å². The fraction of sp³-hybridized carbons (Fsp3) is 0.944. The van der Waals surface area contributed by atoms with Crippen molar-refractivity contribution < 1.29 is 4.74 Å². The van der Waals surface area contributed by atoms with Crippen molar-refractivity contribution in [2.75, 3.05) is 67.1 Å². The van der Waals surface area contributed by atoms with Crippen molar-refractivity contribution in [2.45, 2.75) is 45.1 Å². The van der Waals surface area contributed by atoms with Gasteiger partial charge in [-0.05, 0) is 46.2 Å². The first kappa shape index (κ1) is 21.2. The molecule has 6 heteroatoms. The van der Waals surface area contributed by atoms with Gasteiger partial charge in [-0.1, -0.05) is 6.42 Å². The Balaban J connectivity index is 2.05. The van der Waals surface area contributed by atoms with E-state index in [0.29, 0.717) is 0 Å². The summed E-state index contributed by atoms with van der Waals surface area (Å²) < 4.78 is 5.08. The summed E-state index contributed by atoms with van der Waals surface area (Å²) in [6, 6.07) is 0.754. The second kappa shape index (κ2) is 13.4. The van der Waals surface area contributed by atoms with Crippen LogP contribution in [0.5, 0.6) is 0 Å². The molecule has 1 aliphatic rings. The monoisotopic (exact) mass is 341 g/mol. The van der Waals surface area contributed by atoms with E-state index in [1.165, 1.54) is 38.8 Å². The van der Waals surface area contributed by atoms with E-state index in [1.807, 2.05) is 7.05 Å². The van der Waals surface area contributed by atoms with Crippen molar-refractivity contribution in [3.05, 3.63) is 0 Å². The van der Waals surface area contributed by atoms with E-state index in [0.717, 1.165) is 51.2 Å². The van der Waals surface area contributed by atoms with Crippen LogP contribution in [0.2, 0.25) is 0 Å². The quantitative estimate of drug-likeness (QED) is 0.338. The van der Waals surface area contributed by atoms with Gasteiger partial charge in [0.1, 0.15) is 0 Å². The molecule has 0 aromatic carbocycles. The van der Waals surface area contributed by atoms with Crippen LogP contribution in [-0.2, 0) is 4.74 Å². The summed E-state index contributed by atoms with van der Waals surface area (Å²) in [7, 11) is 5.74. The Morgan fingerprint density at radius 3 is 2.71 bits per heavy atom. The molecule has 0 spiro atoms. The summed E-state index contributed by atoms with van der Waals surface area (Å²) in [5.41, 5.74) is 0. The van der Waals surface area contributed by atoms with Crippen LogP contribution in [0.4, 0.5) is 0 Å². The Hall–Kier alpha value is -0.850. The lowest BCUT2D eigenvalue weighted by Crippen LogP contribution is -2.43. The number of rotatable bonds is 11. The highest BCUT2D eigenvalue weighted by atomic mass is 16.5. The molecule has 2 N–H and O–H groups in total. The summed E-state index contributed by atoms with van der Waals surface area (Å²) in [6.45, 7) is 9.61. The summed E-state index contributed by atoms with van der Waals surface area (Å²) in [4.78, 5) is 9.24. The molecule has 0 amide bonds. The molecule has 0 aromatic heterocycles. The first-order chi connectivity index (χ1) is 11.7. The van der Waals surface area contributed by atoms with Crippen LogP contribution in [0, 0.1) is 0 Å². The zero-order valence-corrected chi connectivity index (χ0v) is 16.3. The number of hydrogen-bond acceptors (Lipinski definition) is 4. The van der Waals surface area contributed by atoms with Gasteiger partial charge in [0.05, 0.1) is 0 Å². The predicted molar refractivity (Wildman–Crippen MR) is 103 cm³/mol. The number of likely N-dealkylation sites (N-methyl/N-ethyl adjacent to an activating group) is 1. The number of aliphatic imine (C=N–C) groups is 1. The van der Waals surface area contributed by atoms with E-state index in [2.05, 4.69) is 39.4 Å². The van der Waals surface area contributed by atoms with Crippen LogP contribution in [0.15, 0.2) is 4.99 Å². The molecule has 1 unspecified atom stereocenters. The molecule has 0 saturated carbocycles. The van der Waals surface area contributed by atoms with Crippen LogP contribution in [-0.4, -0.2) is 88.9 Å². The molecule has 0 bridgehead atoms. The van der Waals surface area contributed by atoms with Gasteiger partial charge in [-0.25, -0.2) is 0 Å². The lowest BCUT2D eigenvalue weighted by molar-refractivity contribution is 0.159. The molecule has 1 heterocycles. The average molecular weight is 342 g/mol. The molecule has 0 aliphatic carbocycles. The number of ether oxygens (including phenoxy) is 1. The third-order valence-corrected chi connectivity index (χ3v) is 4.75. The SMILES string of the molecule is CN=C(NCCCN1CCCCC1C)NCCN(C)CCCOC. The zero-order valence-electron chi connectivity index (χ0n) is 16.3. The molecule has 1 saturated heterocycles. The van der Waals surface area contributed by atoms with Gasteiger partial charge in [0.2, 0.25) is 0 Å².